The average Bonchev–Trinajstić information content (AvgIpc) is 2.80. The predicted molar refractivity (Wildman–Crippen MR) is 122 cm³/mol. The van der Waals surface area contributed by atoms with E-state index in [9.17, 15) is 18.4 Å². The Hall–Kier alpha value is -3.38. The minimum Gasteiger partial charge on any atom is -0.368 e. The van der Waals surface area contributed by atoms with Crippen LogP contribution in [0.25, 0.3) is 10.8 Å². The van der Waals surface area contributed by atoms with Crippen LogP contribution >= 0.6 is 0 Å². The molecule has 9 heteroatoms. The second kappa shape index (κ2) is 9.24. The van der Waals surface area contributed by atoms with Crippen molar-refractivity contribution in [3.8, 4) is 6.07 Å². The number of alkyl halides is 2. The van der Waals surface area contributed by atoms with Gasteiger partial charge < -0.3 is 15.1 Å². The highest BCUT2D eigenvalue weighted by atomic mass is 19.3. The van der Waals surface area contributed by atoms with Crippen molar-refractivity contribution in [2.24, 2.45) is 0 Å². The zero-order valence-corrected chi connectivity index (χ0v) is 18.7. The Kier molecular flexibility index (Phi) is 6.38. The van der Waals surface area contributed by atoms with E-state index in [1.54, 1.807) is 13.0 Å². The van der Waals surface area contributed by atoms with E-state index in [1.807, 2.05) is 13.0 Å². The largest absolute Gasteiger partial charge is 0.368 e. The Balaban J connectivity index is 1.75. The topological polar surface area (TPSA) is 68.1 Å². The SMILES string of the molecule is Cc1nnc(N[C@H](C)c2cccc(C(F)F)c2F)c2cc(N3CCN(C)CC3)c(C#N)cc12. The van der Waals surface area contributed by atoms with E-state index in [1.165, 1.54) is 12.1 Å². The molecular weight excluding hydrogens is 429 g/mol. The number of anilines is 2. The molecule has 172 valence electrons. The summed E-state index contributed by atoms with van der Waals surface area (Å²) in [5.74, 6) is -0.522. The molecule has 1 aliphatic rings. The number of nitrogens with zero attached hydrogens (tertiary/aromatic N) is 5. The molecule has 1 N–H and O–H groups in total. The molecular formula is C24H25F3N6. The number of halogens is 3. The zero-order chi connectivity index (χ0) is 23.7. The van der Waals surface area contributed by atoms with Crippen LogP contribution < -0.4 is 10.2 Å². The van der Waals surface area contributed by atoms with Gasteiger partial charge in [0, 0.05) is 42.5 Å². The molecule has 2 aromatic carbocycles. The molecule has 1 atom stereocenters. The van der Waals surface area contributed by atoms with Crippen LogP contribution in [-0.4, -0.2) is 48.3 Å². The lowest BCUT2D eigenvalue weighted by atomic mass is 10.0. The Labute approximate surface area is 190 Å². The van der Waals surface area contributed by atoms with Gasteiger partial charge >= 0.3 is 0 Å². The fraction of sp³-hybridized carbons (Fsp3) is 0.375. The lowest BCUT2D eigenvalue weighted by Crippen LogP contribution is -2.44. The third kappa shape index (κ3) is 4.44. The first-order chi connectivity index (χ1) is 15.8. The summed E-state index contributed by atoms with van der Waals surface area (Å²) in [7, 11) is 2.06. The minimum atomic E-state index is -2.90. The van der Waals surface area contributed by atoms with E-state index in [0.717, 1.165) is 48.7 Å². The maximum absolute atomic E-state index is 14.7. The summed E-state index contributed by atoms with van der Waals surface area (Å²) in [6, 6.07) is 9.36. The van der Waals surface area contributed by atoms with Crippen LogP contribution in [0.15, 0.2) is 30.3 Å². The molecule has 6 nitrogen and oxygen atoms in total. The molecule has 33 heavy (non-hydrogen) atoms. The van der Waals surface area contributed by atoms with E-state index in [0.29, 0.717) is 17.1 Å². The van der Waals surface area contributed by atoms with Crippen molar-refractivity contribution >= 4 is 22.3 Å². The maximum atomic E-state index is 14.7. The molecule has 2 heterocycles. The number of likely N-dealkylation sites (N-methyl/N-ethyl adjacent to an activating group) is 1. The van der Waals surface area contributed by atoms with Crippen molar-refractivity contribution in [1.82, 2.24) is 15.1 Å². The maximum Gasteiger partial charge on any atom is 0.266 e. The second-order valence-corrected chi connectivity index (χ2v) is 8.37. The van der Waals surface area contributed by atoms with Gasteiger partial charge in [0.2, 0.25) is 0 Å². The van der Waals surface area contributed by atoms with E-state index in [4.69, 9.17) is 0 Å². The lowest BCUT2D eigenvalue weighted by Gasteiger charge is -2.34. The first-order valence-electron chi connectivity index (χ1n) is 10.8. The first kappa shape index (κ1) is 22.8. The molecule has 4 rings (SSSR count). The van der Waals surface area contributed by atoms with Gasteiger partial charge in [-0.3, -0.25) is 0 Å². The molecule has 0 bridgehead atoms. The van der Waals surface area contributed by atoms with E-state index < -0.39 is 23.8 Å². The number of benzene rings is 2. The molecule has 1 aliphatic heterocycles. The van der Waals surface area contributed by atoms with Crippen molar-refractivity contribution in [2.75, 3.05) is 43.4 Å². The number of hydrogen-bond acceptors (Lipinski definition) is 6. The highest BCUT2D eigenvalue weighted by Crippen LogP contribution is 2.34. The van der Waals surface area contributed by atoms with Crippen LogP contribution in [-0.2, 0) is 0 Å². The van der Waals surface area contributed by atoms with E-state index in [-0.39, 0.29) is 5.56 Å². The zero-order valence-electron chi connectivity index (χ0n) is 18.7. The van der Waals surface area contributed by atoms with Crippen LogP contribution in [0.2, 0.25) is 0 Å². The standard InChI is InChI=1S/C24H25F3N6/c1-14(17-5-4-6-18(22(17)25)23(26)27)29-24-20-12-21(33-9-7-32(3)8-10-33)16(13-28)11-19(20)15(2)30-31-24/h4-6,11-12,14,23H,7-10H2,1-3H3,(H,29,31)/t14-/m1/s1. The number of rotatable bonds is 5. The molecule has 1 aromatic heterocycles. The average molecular weight is 455 g/mol. The molecule has 0 spiro atoms. The number of hydrogen-bond donors (Lipinski definition) is 1. The number of nitrogens with one attached hydrogen (secondary N) is 1. The fourth-order valence-electron chi connectivity index (χ4n) is 4.18. The normalized spacial score (nSPS) is 15.6. The Morgan fingerprint density at radius 2 is 1.76 bits per heavy atom. The van der Waals surface area contributed by atoms with E-state index >= 15 is 0 Å². The highest BCUT2D eigenvalue weighted by molar-refractivity contribution is 5.97. The van der Waals surface area contributed by atoms with Gasteiger partial charge in [0.15, 0.2) is 5.82 Å². The van der Waals surface area contributed by atoms with Crippen molar-refractivity contribution in [3.05, 3.63) is 58.5 Å². The summed E-state index contributed by atoms with van der Waals surface area (Å²) in [6.45, 7) is 6.85. The highest BCUT2D eigenvalue weighted by Gasteiger charge is 2.22. The van der Waals surface area contributed by atoms with Crippen molar-refractivity contribution in [2.45, 2.75) is 26.3 Å². The number of aromatic nitrogens is 2. The third-order valence-corrected chi connectivity index (χ3v) is 6.16. The fourth-order valence-corrected chi connectivity index (χ4v) is 4.18. The van der Waals surface area contributed by atoms with Crippen LogP contribution in [0.3, 0.4) is 0 Å². The molecule has 0 saturated carbocycles. The van der Waals surface area contributed by atoms with Crippen molar-refractivity contribution < 1.29 is 13.2 Å². The minimum absolute atomic E-state index is 0.122. The summed E-state index contributed by atoms with van der Waals surface area (Å²) in [5, 5.41) is 22.9. The Morgan fingerprint density at radius 3 is 2.42 bits per heavy atom. The molecule has 1 saturated heterocycles. The predicted octanol–water partition coefficient (Wildman–Crippen LogP) is 4.81. The third-order valence-electron chi connectivity index (χ3n) is 6.16. The van der Waals surface area contributed by atoms with Crippen molar-refractivity contribution in [1.29, 1.82) is 5.26 Å². The quantitative estimate of drug-likeness (QED) is 0.597. The molecule has 3 aromatic rings. The smallest absolute Gasteiger partial charge is 0.266 e. The lowest BCUT2D eigenvalue weighted by molar-refractivity contribution is 0.146. The van der Waals surface area contributed by atoms with Gasteiger partial charge in [-0.15, -0.1) is 5.10 Å². The Morgan fingerprint density at radius 1 is 1.06 bits per heavy atom. The van der Waals surface area contributed by atoms with Crippen LogP contribution in [0.4, 0.5) is 24.7 Å². The monoisotopic (exact) mass is 454 g/mol. The van der Waals surface area contributed by atoms with Crippen LogP contribution in [0, 0.1) is 24.1 Å². The molecule has 0 aliphatic carbocycles. The second-order valence-electron chi connectivity index (χ2n) is 8.37. The number of aryl methyl sites for hydroxylation is 1. The molecule has 0 amide bonds. The summed E-state index contributed by atoms with van der Waals surface area (Å²) >= 11 is 0. The molecule has 0 unspecified atom stereocenters. The number of fused-ring (bicyclic) bond motifs is 1. The van der Waals surface area contributed by atoms with Gasteiger partial charge in [0.05, 0.1) is 28.6 Å². The summed E-state index contributed by atoms with van der Waals surface area (Å²) in [6.07, 6.45) is -2.90. The van der Waals surface area contributed by atoms with Crippen LogP contribution in [0.1, 0.15) is 41.8 Å². The van der Waals surface area contributed by atoms with Gasteiger partial charge in [-0.25, -0.2) is 13.2 Å². The number of piperazine rings is 1. The van der Waals surface area contributed by atoms with Crippen LogP contribution in [0.5, 0.6) is 0 Å². The van der Waals surface area contributed by atoms with Crippen molar-refractivity contribution in [3.63, 3.8) is 0 Å². The van der Waals surface area contributed by atoms with Gasteiger partial charge in [0.25, 0.3) is 6.43 Å². The molecule has 0 radical (unpaired) electrons. The summed E-state index contributed by atoms with van der Waals surface area (Å²) < 4.78 is 41.0. The van der Waals surface area contributed by atoms with Gasteiger partial charge in [-0.2, -0.15) is 10.4 Å². The first-order valence-corrected chi connectivity index (χ1v) is 10.8. The molecule has 1 fully saturated rings. The van der Waals surface area contributed by atoms with Gasteiger partial charge in [-0.1, -0.05) is 18.2 Å². The number of nitriles is 1. The van der Waals surface area contributed by atoms with Gasteiger partial charge in [-0.05, 0) is 33.0 Å². The van der Waals surface area contributed by atoms with Gasteiger partial charge in [0.1, 0.15) is 11.9 Å². The summed E-state index contributed by atoms with van der Waals surface area (Å²) in [4.78, 5) is 4.41. The Bertz CT molecular complexity index is 1220. The summed E-state index contributed by atoms with van der Waals surface area (Å²) in [5.41, 5.74) is 1.52. The van der Waals surface area contributed by atoms with E-state index in [2.05, 4.69) is 38.4 Å².